The van der Waals surface area contributed by atoms with Gasteiger partial charge >= 0.3 is 0 Å². The average molecular weight is 1320 g/mol. The molecule has 0 amide bonds. The fourth-order valence-corrected chi connectivity index (χ4v) is 12.1. The van der Waals surface area contributed by atoms with E-state index in [9.17, 15) is 61.3 Å². The summed E-state index contributed by atoms with van der Waals surface area (Å²) in [5, 5.41) is 121. The molecular weight excluding hydrogens is 1240 g/mol. The molecule has 3 saturated heterocycles. The number of benzene rings is 4. The summed E-state index contributed by atoms with van der Waals surface area (Å²) < 4.78 is 51.9. The van der Waals surface area contributed by atoms with E-state index >= 15 is 0 Å². The molecule has 96 heavy (non-hydrogen) atoms. The predicted molar refractivity (Wildman–Crippen MR) is 350 cm³/mol. The Morgan fingerprint density at radius 3 is 0.854 bits per heavy atom. The summed E-state index contributed by atoms with van der Waals surface area (Å²) in [5.41, 5.74) is 12.3. The maximum Gasteiger partial charge on any atom is 0.186 e. The second-order valence-corrected chi connectivity index (χ2v) is 23.8. The van der Waals surface area contributed by atoms with E-state index in [4.69, 9.17) is 52.6 Å². The molecule has 12 rings (SSSR count). The number of hydrogen-bond acceptors (Lipinski definition) is 23. The molecule has 0 aliphatic carbocycles. The largest absolute Gasteiger partial charge is 0.494 e. The molecule has 0 saturated carbocycles. The van der Waals surface area contributed by atoms with Crippen molar-refractivity contribution in [3.8, 4) is 61.8 Å². The number of aromatic amines is 2. The molecule has 8 bridgehead atoms. The number of aliphatic hydroxyl groups excluding tert-OH is 12. The first-order chi connectivity index (χ1) is 46.7. The monoisotopic (exact) mass is 1320 g/mol. The highest BCUT2D eigenvalue weighted by molar-refractivity contribution is 6.00. The molecular formula is C71H78N4O21. The fraction of sp³-hybridized carbons (Fsp3) is 0.380. The van der Waals surface area contributed by atoms with E-state index in [0.29, 0.717) is 59.3 Å². The molecule has 3 aromatic heterocycles. The quantitative estimate of drug-likeness (QED) is 0.0358. The Bertz CT molecular complexity index is 3870. The van der Waals surface area contributed by atoms with Gasteiger partial charge in [0, 0.05) is 63.6 Å². The van der Waals surface area contributed by atoms with E-state index in [1.54, 1.807) is 0 Å². The minimum Gasteiger partial charge on any atom is -0.494 e. The van der Waals surface area contributed by atoms with Crippen molar-refractivity contribution in [2.45, 2.75) is 111 Å². The lowest BCUT2D eigenvalue weighted by atomic mass is 9.99. The van der Waals surface area contributed by atoms with Crippen LogP contribution in [0.4, 0.5) is 0 Å². The van der Waals surface area contributed by atoms with Crippen molar-refractivity contribution in [2.75, 3.05) is 59.5 Å². The van der Waals surface area contributed by atoms with Gasteiger partial charge in [-0.2, -0.15) is 0 Å². The van der Waals surface area contributed by atoms with E-state index in [2.05, 4.69) is 9.97 Å². The number of hydrogen-bond donors (Lipinski definition) is 14. The Balaban J connectivity index is 0.872. The Labute approximate surface area is 550 Å². The molecule has 8 heterocycles. The van der Waals surface area contributed by atoms with E-state index in [1.807, 2.05) is 152 Å². The number of nitrogens with zero attached hydrogens (tertiary/aromatic N) is 2. The zero-order chi connectivity index (χ0) is 67.0. The van der Waals surface area contributed by atoms with E-state index in [0.717, 1.165) is 66.6 Å². The van der Waals surface area contributed by atoms with Gasteiger partial charge in [-0.1, -0.05) is 66.7 Å². The lowest BCUT2D eigenvalue weighted by molar-refractivity contribution is -0.301. The first-order valence-electron chi connectivity index (χ1n) is 31.9. The summed E-state index contributed by atoms with van der Waals surface area (Å²) in [7, 11) is 0. The first-order valence-corrected chi connectivity index (χ1v) is 31.9. The van der Waals surface area contributed by atoms with Gasteiger partial charge in [-0.25, -0.2) is 9.97 Å². The van der Waals surface area contributed by atoms with Gasteiger partial charge in [-0.15, -0.1) is 0 Å². The zero-order valence-corrected chi connectivity index (χ0v) is 52.0. The van der Waals surface area contributed by atoms with Crippen LogP contribution < -0.4 is 14.2 Å². The van der Waals surface area contributed by atoms with Crippen molar-refractivity contribution in [3.63, 3.8) is 0 Å². The molecule has 508 valence electrons. The minimum atomic E-state index is -1.56. The number of aliphatic hydroxyl groups is 12. The maximum atomic E-state index is 10.4. The third-order valence-corrected chi connectivity index (χ3v) is 17.3. The van der Waals surface area contributed by atoms with Crippen LogP contribution in [0.5, 0.6) is 17.2 Å². The number of ether oxygens (including phenoxy) is 9. The summed E-state index contributed by atoms with van der Waals surface area (Å²) in [6.45, 7) is -0.773. The number of rotatable bonds is 25. The Kier molecular flexibility index (Phi) is 22.1. The van der Waals surface area contributed by atoms with E-state index < -0.39 is 112 Å². The molecule has 7 aromatic rings. The SMILES string of the molecule is OC[C@H]1O[C@@H](OCCCOc2ccc(-c3c4nc(c(-c5ccc(OCCCO[C@@H]6O[C@H](CO)[C@@H](O)[C@H](O)[C@H]6O)cc5)c5ccc([nH]5)c(-c5ccc(OCCCO[C@@H]6O[C@H](CO)[C@@H](O)[C@H](O)[C@H]6O)cc5)c5nc(c(-c6ccccc6)c6ccc3[nH]6)C=C5)C=C4)cc2)[C@H](O)[C@@H](O)[C@@H]1O. The maximum absolute atomic E-state index is 10.4. The topological polar surface area (TPSA) is 383 Å². The van der Waals surface area contributed by atoms with Crippen LogP contribution in [-0.2, 0) is 28.4 Å². The van der Waals surface area contributed by atoms with Crippen LogP contribution >= 0.6 is 0 Å². The van der Waals surface area contributed by atoms with Gasteiger partial charge in [-0.3, -0.25) is 0 Å². The molecule has 4 aromatic carbocycles. The molecule has 14 N–H and O–H groups in total. The van der Waals surface area contributed by atoms with Crippen molar-refractivity contribution in [3.05, 3.63) is 150 Å². The molecule has 0 radical (unpaired) electrons. The van der Waals surface area contributed by atoms with Gasteiger partial charge in [0.05, 0.1) is 82.2 Å². The van der Waals surface area contributed by atoms with Gasteiger partial charge in [0.2, 0.25) is 0 Å². The van der Waals surface area contributed by atoms with Crippen molar-refractivity contribution in [1.82, 2.24) is 19.9 Å². The Hall–Kier alpha value is -7.84. The molecule has 0 unspecified atom stereocenters. The zero-order valence-electron chi connectivity index (χ0n) is 52.0. The van der Waals surface area contributed by atoms with E-state index in [-0.39, 0.29) is 39.6 Å². The van der Waals surface area contributed by atoms with Gasteiger partial charge in [0.25, 0.3) is 0 Å². The summed E-state index contributed by atoms with van der Waals surface area (Å²) in [6, 6.07) is 41.0. The van der Waals surface area contributed by atoms with Crippen LogP contribution in [0, 0.1) is 0 Å². The van der Waals surface area contributed by atoms with Gasteiger partial charge in [-0.05, 0) is 107 Å². The van der Waals surface area contributed by atoms with Crippen molar-refractivity contribution in [2.24, 2.45) is 0 Å². The number of nitrogens with one attached hydrogen (secondary N) is 2. The summed E-state index contributed by atoms with van der Waals surface area (Å²) in [4.78, 5) is 18.4. The molecule has 0 spiro atoms. The molecule has 3 fully saturated rings. The third kappa shape index (κ3) is 15.0. The van der Waals surface area contributed by atoms with Crippen LogP contribution in [0.1, 0.15) is 42.0 Å². The van der Waals surface area contributed by atoms with Crippen LogP contribution in [0.25, 0.3) is 90.9 Å². The van der Waals surface area contributed by atoms with Crippen LogP contribution in [0.3, 0.4) is 0 Å². The Morgan fingerprint density at radius 2 is 0.583 bits per heavy atom. The highest BCUT2D eigenvalue weighted by Crippen LogP contribution is 2.40. The van der Waals surface area contributed by atoms with Crippen LogP contribution in [0.2, 0.25) is 0 Å². The van der Waals surface area contributed by atoms with Crippen molar-refractivity contribution >= 4 is 46.4 Å². The van der Waals surface area contributed by atoms with Crippen LogP contribution in [-0.4, -0.2) is 233 Å². The highest BCUT2D eigenvalue weighted by Gasteiger charge is 2.46. The minimum absolute atomic E-state index is 0.0785. The van der Waals surface area contributed by atoms with Crippen molar-refractivity contribution < 1.29 is 104 Å². The second-order valence-electron chi connectivity index (χ2n) is 23.8. The van der Waals surface area contributed by atoms with E-state index in [1.165, 1.54) is 0 Å². The van der Waals surface area contributed by atoms with Gasteiger partial charge in [0.15, 0.2) is 18.9 Å². The smallest absolute Gasteiger partial charge is 0.186 e. The predicted octanol–water partition coefficient (Wildman–Crippen LogP) is 4.08. The third-order valence-electron chi connectivity index (χ3n) is 17.3. The lowest BCUT2D eigenvalue weighted by Crippen LogP contribution is -2.59. The normalized spacial score (nSPS) is 26.4. The standard InChI is InChI=1S/C71H78N4O21/c76-35-53-60(79)63(82)66(85)69(94-53)91-32-4-29-88-42-15-9-39(10-16-42)57-47-23-21-45(72-47)56(38-7-2-1-3-8-38)46-22-24-48(73-46)58(40-11-17-43(18-12-40)89-30-5-33-92-70-67(86)64(83)61(80)54(36-77)95-70)50-26-28-52(75-50)59(51-27-25-49(57)74-51)41-13-19-44(20-14-41)90-31-6-34-93-71-68(87)65(84)62(81)55(37-78)96-71/h1-3,7-28,53-55,60-72,75-87H,4-6,29-37H2/t53-,54-,55-,60-,61-,62-,63+,64+,65+,66-,67-,68-,69-,70-,71-/m1/s1. The molecule has 25 heteroatoms. The number of H-pyrrole nitrogens is 2. The second kappa shape index (κ2) is 31.1. The summed E-state index contributed by atoms with van der Waals surface area (Å²) in [6.07, 6.45) is -11.6. The molecule has 25 nitrogen and oxygen atoms in total. The number of aromatic nitrogens is 4. The average Bonchev–Trinajstić information content (AvgIpc) is 1.63. The lowest BCUT2D eigenvalue weighted by Gasteiger charge is -2.39. The highest BCUT2D eigenvalue weighted by atomic mass is 16.7. The van der Waals surface area contributed by atoms with Crippen LogP contribution in [0.15, 0.2) is 127 Å². The first kappa shape index (κ1) is 68.1. The molecule has 15 atom stereocenters. The molecule has 5 aliphatic heterocycles. The summed E-state index contributed by atoms with van der Waals surface area (Å²) >= 11 is 0. The van der Waals surface area contributed by atoms with Gasteiger partial charge in [0.1, 0.15) is 90.5 Å². The van der Waals surface area contributed by atoms with Crippen molar-refractivity contribution in [1.29, 1.82) is 0 Å². The summed E-state index contributed by atoms with van der Waals surface area (Å²) in [5.74, 6) is 1.71. The molecule has 5 aliphatic rings. The Morgan fingerprint density at radius 1 is 0.312 bits per heavy atom. The van der Waals surface area contributed by atoms with Gasteiger partial charge < -0.3 is 114 Å². The number of fused-ring (bicyclic) bond motifs is 8. The fourth-order valence-electron chi connectivity index (χ4n) is 12.1.